The van der Waals surface area contributed by atoms with E-state index < -0.39 is 5.60 Å². The van der Waals surface area contributed by atoms with Crippen molar-refractivity contribution in [3.8, 4) is 0 Å². The van der Waals surface area contributed by atoms with Crippen molar-refractivity contribution in [1.29, 1.82) is 0 Å². The van der Waals surface area contributed by atoms with Gasteiger partial charge in [-0.15, -0.1) is 0 Å². The highest BCUT2D eigenvalue weighted by molar-refractivity contribution is 5.68. The van der Waals surface area contributed by atoms with Crippen molar-refractivity contribution in [2.24, 2.45) is 5.73 Å². The normalized spacial score (nSPS) is 20.0. The van der Waals surface area contributed by atoms with Crippen LogP contribution in [0.2, 0.25) is 0 Å². The molecule has 1 aromatic rings. The summed E-state index contributed by atoms with van der Waals surface area (Å²) in [6.07, 6.45) is 2.57. The lowest BCUT2D eigenvalue weighted by Gasteiger charge is -2.35. The molecule has 0 aliphatic carbocycles. The molecule has 112 valence electrons. The molecule has 0 spiro atoms. The molecule has 0 radical (unpaired) electrons. The smallest absolute Gasteiger partial charge is 0.410 e. The van der Waals surface area contributed by atoms with Gasteiger partial charge in [0.15, 0.2) is 5.82 Å². The molecule has 1 aliphatic rings. The zero-order chi connectivity index (χ0) is 14.8. The highest BCUT2D eigenvalue weighted by atomic mass is 16.6. The first-order chi connectivity index (χ1) is 9.40. The highest BCUT2D eigenvalue weighted by Gasteiger charge is 2.33. The Morgan fingerprint density at radius 1 is 1.50 bits per heavy atom. The number of aromatic nitrogens is 3. The molecule has 0 bridgehead atoms. The van der Waals surface area contributed by atoms with E-state index in [1.54, 1.807) is 4.90 Å². The van der Waals surface area contributed by atoms with E-state index in [1.165, 1.54) is 0 Å². The van der Waals surface area contributed by atoms with Crippen LogP contribution < -0.4 is 5.73 Å². The topological polar surface area (TPSA) is 97.1 Å². The van der Waals surface area contributed by atoms with Gasteiger partial charge in [0.2, 0.25) is 0 Å². The Morgan fingerprint density at radius 3 is 2.85 bits per heavy atom. The van der Waals surface area contributed by atoms with Gasteiger partial charge in [-0.1, -0.05) is 0 Å². The Kier molecular flexibility index (Phi) is 4.27. The average Bonchev–Trinajstić information content (AvgIpc) is 2.85. The number of H-pyrrole nitrogens is 1. The molecule has 1 atom stereocenters. The summed E-state index contributed by atoms with van der Waals surface area (Å²) in [5.41, 5.74) is 5.03. The Balaban J connectivity index is 2.14. The van der Waals surface area contributed by atoms with Gasteiger partial charge < -0.3 is 10.5 Å². The van der Waals surface area contributed by atoms with Crippen LogP contribution in [0.3, 0.4) is 0 Å². The number of carbonyl (C=O) groups excluding carboxylic acids is 1. The fourth-order valence-electron chi connectivity index (χ4n) is 2.29. The van der Waals surface area contributed by atoms with Gasteiger partial charge in [0, 0.05) is 6.54 Å². The maximum Gasteiger partial charge on any atom is 0.410 e. The summed E-state index contributed by atoms with van der Waals surface area (Å²) in [5, 5.41) is 6.97. The Labute approximate surface area is 118 Å². The molecule has 0 unspecified atom stereocenters. The van der Waals surface area contributed by atoms with E-state index >= 15 is 0 Å². The van der Waals surface area contributed by atoms with E-state index in [2.05, 4.69) is 15.2 Å². The molecule has 1 amide bonds. The predicted molar refractivity (Wildman–Crippen MR) is 73.8 cm³/mol. The van der Waals surface area contributed by atoms with Crippen molar-refractivity contribution in [2.45, 2.75) is 58.2 Å². The minimum Gasteiger partial charge on any atom is -0.444 e. The second-order valence-corrected chi connectivity index (χ2v) is 6.03. The SMILES string of the molecule is CC(C)(C)OC(=O)N1CCCC[C@@H]1c1n[nH]c(CN)n1. The fraction of sp³-hybridized carbons (Fsp3) is 0.769. The third-order valence-corrected chi connectivity index (χ3v) is 3.17. The summed E-state index contributed by atoms with van der Waals surface area (Å²) in [6.45, 7) is 6.58. The van der Waals surface area contributed by atoms with E-state index in [4.69, 9.17) is 10.5 Å². The van der Waals surface area contributed by atoms with Gasteiger partial charge in [0.25, 0.3) is 0 Å². The molecular weight excluding hydrogens is 258 g/mol. The molecule has 3 N–H and O–H groups in total. The third kappa shape index (κ3) is 3.47. The van der Waals surface area contributed by atoms with Crippen LogP contribution in [-0.2, 0) is 11.3 Å². The second-order valence-electron chi connectivity index (χ2n) is 6.03. The van der Waals surface area contributed by atoms with Gasteiger partial charge in [0.1, 0.15) is 11.4 Å². The van der Waals surface area contributed by atoms with Crippen molar-refractivity contribution in [2.75, 3.05) is 6.54 Å². The van der Waals surface area contributed by atoms with E-state index in [0.29, 0.717) is 24.7 Å². The number of carbonyl (C=O) groups is 1. The van der Waals surface area contributed by atoms with Crippen molar-refractivity contribution < 1.29 is 9.53 Å². The summed E-state index contributed by atoms with van der Waals surface area (Å²) in [6, 6.07) is -0.129. The molecule has 2 heterocycles. The number of hydrogen-bond donors (Lipinski definition) is 2. The molecule has 20 heavy (non-hydrogen) atoms. The van der Waals surface area contributed by atoms with Gasteiger partial charge in [-0.2, -0.15) is 5.10 Å². The zero-order valence-corrected chi connectivity index (χ0v) is 12.3. The van der Waals surface area contributed by atoms with Crippen LogP contribution in [0.15, 0.2) is 0 Å². The molecular formula is C13H23N5O2. The lowest BCUT2D eigenvalue weighted by Crippen LogP contribution is -2.42. The number of aromatic amines is 1. The highest BCUT2D eigenvalue weighted by Crippen LogP contribution is 2.30. The molecule has 0 saturated carbocycles. The summed E-state index contributed by atoms with van der Waals surface area (Å²) in [7, 11) is 0. The molecule has 1 aromatic heterocycles. The fourth-order valence-corrected chi connectivity index (χ4v) is 2.29. The van der Waals surface area contributed by atoms with Crippen LogP contribution in [0.5, 0.6) is 0 Å². The Bertz CT molecular complexity index is 466. The van der Waals surface area contributed by atoms with Crippen LogP contribution in [0.25, 0.3) is 0 Å². The van der Waals surface area contributed by atoms with Crippen LogP contribution in [0.1, 0.15) is 57.7 Å². The molecule has 1 aliphatic heterocycles. The Morgan fingerprint density at radius 2 is 2.25 bits per heavy atom. The lowest BCUT2D eigenvalue weighted by atomic mass is 10.0. The molecule has 1 fully saturated rings. The number of piperidine rings is 1. The summed E-state index contributed by atoms with van der Waals surface area (Å²) in [5.74, 6) is 1.26. The number of ether oxygens (including phenoxy) is 1. The first kappa shape index (κ1) is 14.8. The van der Waals surface area contributed by atoms with Crippen LogP contribution >= 0.6 is 0 Å². The Hall–Kier alpha value is -1.63. The van der Waals surface area contributed by atoms with E-state index in [9.17, 15) is 4.79 Å². The largest absolute Gasteiger partial charge is 0.444 e. The number of nitrogens with zero attached hydrogens (tertiary/aromatic N) is 3. The quantitative estimate of drug-likeness (QED) is 0.860. The molecule has 7 nitrogen and oxygen atoms in total. The van der Waals surface area contributed by atoms with Gasteiger partial charge >= 0.3 is 6.09 Å². The van der Waals surface area contributed by atoms with Crippen molar-refractivity contribution in [3.63, 3.8) is 0 Å². The van der Waals surface area contributed by atoms with Crippen LogP contribution in [-0.4, -0.2) is 38.3 Å². The molecule has 2 rings (SSSR count). The summed E-state index contributed by atoms with van der Waals surface area (Å²) < 4.78 is 5.46. The number of nitrogens with one attached hydrogen (secondary N) is 1. The number of rotatable bonds is 2. The second kappa shape index (κ2) is 5.78. The maximum absolute atomic E-state index is 12.3. The minimum atomic E-state index is -0.500. The van der Waals surface area contributed by atoms with Crippen LogP contribution in [0, 0.1) is 0 Å². The number of likely N-dealkylation sites (tertiary alicyclic amines) is 1. The minimum absolute atomic E-state index is 0.129. The first-order valence-corrected chi connectivity index (χ1v) is 7.01. The van der Waals surface area contributed by atoms with Gasteiger partial charge in [0.05, 0.1) is 12.6 Å². The van der Waals surface area contributed by atoms with E-state index in [0.717, 1.165) is 19.3 Å². The monoisotopic (exact) mass is 281 g/mol. The lowest BCUT2D eigenvalue weighted by molar-refractivity contribution is 0.00848. The maximum atomic E-state index is 12.3. The number of amides is 1. The number of nitrogens with two attached hydrogens (primary N) is 1. The van der Waals surface area contributed by atoms with Crippen molar-refractivity contribution in [3.05, 3.63) is 11.6 Å². The third-order valence-electron chi connectivity index (χ3n) is 3.17. The molecule has 7 heteroatoms. The van der Waals surface area contributed by atoms with Crippen molar-refractivity contribution in [1.82, 2.24) is 20.1 Å². The van der Waals surface area contributed by atoms with Gasteiger partial charge in [-0.05, 0) is 40.0 Å². The van der Waals surface area contributed by atoms with E-state index in [-0.39, 0.29) is 12.1 Å². The van der Waals surface area contributed by atoms with Crippen molar-refractivity contribution >= 4 is 6.09 Å². The predicted octanol–water partition coefficient (Wildman–Crippen LogP) is 1.73. The zero-order valence-electron chi connectivity index (χ0n) is 12.3. The average molecular weight is 281 g/mol. The first-order valence-electron chi connectivity index (χ1n) is 7.01. The summed E-state index contributed by atoms with van der Waals surface area (Å²) >= 11 is 0. The molecule has 1 saturated heterocycles. The van der Waals surface area contributed by atoms with Gasteiger partial charge in [-0.3, -0.25) is 10.00 Å². The van der Waals surface area contributed by atoms with E-state index in [1.807, 2.05) is 20.8 Å². The standard InChI is InChI=1S/C13H23N5O2/c1-13(2,3)20-12(19)18-7-5-4-6-9(18)11-15-10(8-14)16-17-11/h9H,4-8,14H2,1-3H3,(H,15,16,17)/t9-/m1/s1. The summed E-state index contributed by atoms with van der Waals surface area (Å²) in [4.78, 5) is 18.3. The molecule has 0 aromatic carbocycles. The van der Waals surface area contributed by atoms with Crippen LogP contribution in [0.4, 0.5) is 4.79 Å². The number of hydrogen-bond acceptors (Lipinski definition) is 5. The van der Waals surface area contributed by atoms with Gasteiger partial charge in [-0.25, -0.2) is 9.78 Å².